The zero-order valence-corrected chi connectivity index (χ0v) is 11.7. The van der Waals surface area contributed by atoms with E-state index in [2.05, 4.69) is 10.6 Å². The van der Waals surface area contributed by atoms with Crippen molar-refractivity contribution in [2.45, 2.75) is 43.4 Å². The summed E-state index contributed by atoms with van der Waals surface area (Å²) in [6.07, 6.45) is -0.273. The molecule has 1 aromatic rings. The SMILES string of the molecule is O=C(NC12CCCC1NCC2)c1c[nH]c(=O)c(C(F)(F)F)c1. The molecule has 2 fully saturated rings. The molecule has 2 aliphatic rings. The van der Waals surface area contributed by atoms with Gasteiger partial charge in [-0.2, -0.15) is 13.2 Å². The number of halogens is 3. The van der Waals surface area contributed by atoms with Crippen LogP contribution in [0.4, 0.5) is 13.2 Å². The van der Waals surface area contributed by atoms with Gasteiger partial charge in [0.05, 0.1) is 11.1 Å². The third-order valence-corrected chi connectivity index (χ3v) is 4.58. The number of amides is 1. The summed E-state index contributed by atoms with van der Waals surface area (Å²) in [6.45, 7) is 0.782. The van der Waals surface area contributed by atoms with Crippen LogP contribution in [0.2, 0.25) is 0 Å². The van der Waals surface area contributed by atoms with Crippen molar-refractivity contribution in [3.05, 3.63) is 33.7 Å². The molecule has 1 aliphatic heterocycles. The fraction of sp³-hybridized carbons (Fsp3) is 0.571. The highest BCUT2D eigenvalue weighted by Crippen LogP contribution is 2.36. The largest absolute Gasteiger partial charge is 0.421 e. The summed E-state index contributed by atoms with van der Waals surface area (Å²) in [5.74, 6) is -0.586. The van der Waals surface area contributed by atoms with Crippen LogP contribution < -0.4 is 16.2 Å². The summed E-state index contributed by atoms with van der Waals surface area (Å²) in [4.78, 5) is 25.5. The molecule has 0 aromatic carbocycles. The van der Waals surface area contributed by atoms with Gasteiger partial charge in [-0.15, -0.1) is 0 Å². The number of fused-ring (bicyclic) bond motifs is 1. The van der Waals surface area contributed by atoms with E-state index in [0.717, 1.165) is 38.4 Å². The molecular weight excluding hydrogens is 299 g/mol. The molecule has 2 atom stereocenters. The number of carbonyl (C=O) groups excluding carboxylic acids is 1. The first kappa shape index (κ1) is 15.1. The van der Waals surface area contributed by atoms with Gasteiger partial charge in [0.15, 0.2) is 0 Å². The molecule has 1 amide bonds. The van der Waals surface area contributed by atoms with Gasteiger partial charge in [0.2, 0.25) is 0 Å². The lowest BCUT2D eigenvalue weighted by Crippen LogP contribution is -2.52. The molecule has 0 bridgehead atoms. The molecule has 5 nitrogen and oxygen atoms in total. The summed E-state index contributed by atoms with van der Waals surface area (Å²) in [5.41, 5.74) is -3.17. The van der Waals surface area contributed by atoms with Gasteiger partial charge < -0.3 is 15.6 Å². The predicted molar refractivity (Wildman–Crippen MR) is 72.5 cm³/mol. The molecular formula is C14H16F3N3O2. The second-order valence-corrected chi connectivity index (χ2v) is 5.89. The van der Waals surface area contributed by atoms with Crippen LogP contribution in [-0.2, 0) is 6.18 Å². The van der Waals surface area contributed by atoms with Gasteiger partial charge in [-0.3, -0.25) is 9.59 Å². The molecule has 3 N–H and O–H groups in total. The quantitative estimate of drug-likeness (QED) is 0.772. The monoisotopic (exact) mass is 315 g/mol. The summed E-state index contributed by atoms with van der Waals surface area (Å²) in [5, 5.41) is 6.19. The van der Waals surface area contributed by atoms with E-state index in [0.29, 0.717) is 6.07 Å². The Labute approximate surface area is 124 Å². The Morgan fingerprint density at radius 1 is 1.36 bits per heavy atom. The van der Waals surface area contributed by atoms with E-state index in [9.17, 15) is 22.8 Å². The van der Waals surface area contributed by atoms with Crippen molar-refractivity contribution in [2.24, 2.45) is 0 Å². The van der Waals surface area contributed by atoms with E-state index in [-0.39, 0.29) is 17.1 Å². The molecule has 3 rings (SSSR count). The first-order valence-corrected chi connectivity index (χ1v) is 7.18. The van der Waals surface area contributed by atoms with Crippen LogP contribution in [0.3, 0.4) is 0 Å². The lowest BCUT2D eigenvalue weighted by molar-refractivity contribution is -0.138. The fourth-order valence-corrected chi connectivity index (χ4v) is 3.47. The van der Waals surface area contributed by atoms with E-state index in [1.165, 1.54) is 0 Å². The van der Waals surface area contributed by atoms with Gasteiger partial charge in [0.25, 0.3) is 11.5 Å². The minimum Gasteiger partial charge on any atom is -0.345 e. The van der Waals surface area contributed by atoms with Crippen LogP contribution >= 0.6 is 0 Å². The maximum Gasteiger partial charge on any atom is 0.421 e. The Bertz CT molecular complexity index is 643. The van der Waals surface area contributed by atoms with Crippen molar-refractivity contribution in [3.8, 4) is 0 Å². The summed E-state index contributed by atoms with van der Waals surface area (Å²) in [7, 11) is 0. The zero-order chi connectivity index (χ0) is 16.0. The molecule has 2 heterocycles. The Kier molecular flexibility index (Phi) is 3.51. The standard InChI is InChI=1S/C14H16F3N3O2/c15-14(16,17)9-6-8(7-19-12(9)22)11(21)20-13-3-1-2-10(13)18-5-4-13/h6-7,10,18H,1-5H2,(H,19,22)(H,20,21). The van der Waals surface area contributed by atoms with Gasteiger partial charge in [-0.1, -0.05) is 0 Å². The minimum absolute atomic E-state index is 0.168. The summed E-state index contributed by atoms with van der Waals surface area (Å²) < 4.78 is 38.2. The van der Waals surface area contributed by atoms with Crippen LogP contribution in [0.1, 0.15) is 41.6 Å². The minimum atomic E-state index is -4.78. The molecule has 1 saturated carbocycles. The second kappa shape index (κ2) is 5.12. The molecule has 2 unspecified atom stereocenters. The van der Waals surface area contributed by atoms with E-state index in [4.69, 9.17) is 0 Å². The average Bonchev–Trinajstić information content (AvgIpc) is 2.96. The lowest BCUT2D eigenvalue weighted by Gasteiger charge is -2.30. The number of pyridine rings is 1. The van der Waals surface area contributed by atoms with Crippen LogP contribution in [-0.4, -0.2) is 29.0 Å². The highest BCUT2D eigenvalue weighted by Gasteiger charge is 2.47. The molecule has 0 spiro atoms. The van der Waals surface area contributed by atoms with Crippen molar-refractivity contribution in [1.29, 1.82) is 0 Å². The number of aromatic nitrogens is 1. The second-order valence-electron chi connectivity index (χ2n) is 5.89. The van der Waals surface area contributed by atoms with Crippen LogP contribution in [0, 0.1) is 0 Å². The molecule has 1 aromatic heterocycles. The fourth-order valence-electron chi connectivity index (χ4n) is 3.47. The van der Waals surface area contributed by atoms with E-state index in [1.54, 1.807) is 0 Å². The number of H-pyrrole nitrogens is 1. The first-order chi connectivity index (χ1) is 10.3. The first-order valence-electron chi connectivity index (χ1n) is 7.18. The van der Waals surface area contributed by atoms with Crippen molar-refractivity contribution >= 4 is 5.91 Å². The Morgan fingerprint density at radius 2 is 2.14 bits per heavy atom. The number of alkyl halides is 3. The Balaban J connectivity index is 1.86. The van der Waals surface area contributed by atoms with Crippen molar-refractivity contribution in [1.82, 2.24) is 15.6 Å². The zero-order valence-electron chi connectivity index (χ0n) is 11.7. The van der Waals surface area contributed by atoms with E-state index >= 15 is 0 Å². The van der Waals surface area contributed by atoms with Gasteiger partial charge in [0.1, 0.15) is 5.56 Å². The Hall–Kier alpha value is -1.83. The van der Waals surface area contributed by atoms with E-state index < -0.39 is 23.2 Å². The average molecular weight is 315 g/mol. The molecule has 1 saturated heterocycles. The Morgan fingerprint density at radius 3 is 2.86 bits per heavy atom. The van der Waals surface area contributed by atoms with Crippen molar-refractivity contribution in [3.63, 3.8) is 0 Å². The molecule has 1 aliphatic carbocycles. The molecule has 22 heavy (non-hydrogen) atoms. The van der Waals surface area contributed by atoms with Gasteiger partial charge >= 0.3 is 6.18 Å². The van der Waals surface area contributed by atoms with Crippen LogP contribution in [0.5, 0.6) is 0 Å². The van der Waals surface area contributed by atoms with E-state index in [1.807, 2.05) is 4.98 Å². The number of hydrogen-bond donors (Lipinski definition) is 3. The number of carbonyl (C=O) groups is 1. The van der Waals surface area contributed by atoms with Crippen molar-refractivity contribution < 1.29 is 18.0 Å². The number of aromatic amines is 1. The summed E-state index contributed by atoms with van der Waals surface area (Å²) >= 11 is 0. The van der Waals surface area contributed by atoms with Crippen molar-refractivity contribution in [2.75, 3.05) is 6.54 Å². The number of nitrogens with one attached hydrogen (secondary N) is 3. The number of rotatable bonds is 2. The highest BCUT2D eigenvalue weighted by molar-refractivity contribution is 5.94. The third kappa shape index (κ3) is 2.51. The molecule has 0 radical (unpaired) electrons. The molecule has 120 valence electrons. The smallest absolute Gasteiger partial charge is 0.345 e. The van der Waals surface area contributed by atoms with Crippen LogP contribution in [0.15, 0.2) is 17.1 Å². The van der Waals surface area contributed by atoms with Gasteiger partial charge in [-0.05, 0) is 38.3 Å². The normalized spacial score (nSPS) is 27.7. The maximum absolute atomic E-state index is 12.7. The van der Waals surface area contributed by atoms with Gasteiger partial charge in [0, 0.05) is 12.2 Å². The highest BCUT2D eigenvalue weighted by atomic mass is 19.4. The lowest BCUT2D eigenvalue weighted by atomic mass is 9.92. The predicted octanol–water partition coefficient (Wildman–Crippen LogP) is 1.41. The van der Waals surface area contributed by atoms with Gasteiger partial charge in [-0.25, -0.2) is 0 Å². The third-order valence-electron chi connectivity index (χ3n) is 4.58. The van der Waals surface area contributed by atoms with Crippen LogP contribution in [0.25, 0.3) is 0 Å². The molecule has 8 heteroatoms. The number of hydrogen-bond acceptors (Lipinski definition) is 3. The topological polar surface area (TPSA) is 74.0 Å². The summed E-state index contributed by atoms with van der Waals surface area (Å²) in [6, 6.07) is 0.776. The maximum atomic E-state index is 12.7.